The quantitative estimate of drug-likeness (QED) is 0.566. The maximum atomic E-state index is 12.1. The SMILES string of the molecule is COC(=O)C1=CO[C@@H](OC(=O)COc2ccccc2)C2C(C=O)=CCC12. The molecule has 0 aromatic heterocycles. The molecule has 2 aliphatic rings. The molecule has 1 heterocycles. The second kappa shape index (κ2) is 7.86. The lowest BCUT2D eigenvalue weighted by Crippen LogP contribution is -2.39. The highest BCUT2D eigenvalue weighted by atomic mass is 16.7. The van der Waals surface area contributed by atoms with E-state index in [4.69, 9.17) is 18.9 Å². The molecule has 0 N–H and O–H groups in total. The minimum atomic E-state index is -1.00. The van der Waals surface area contributed by atoms with Gasteiger partial charge in [-0.3, -0.25) is 4.79 Å². The second-order valence-corrected chi connectivity index (χ2v) is 5.85. The van der Waals surface area contributed by atoms with E-state index >= 15 is 0 Å². The summed E-state index contributed by atoms with van der Waals surface area (Å²) in [6, 6.07) is 8.84. The Morgan fingerprint density at radius 1 is 1.27 bits per heavy atom. The molecule has 3 rings (SSSR count). The van der Waals surface area contributed by atoms with Crippen LogP contribution in [0.4, 0.5) is 0 Å². The number of carbonyl (C=O) groups is 3. The van der Waals surface area contributed by atoms with Crippen molar-refractivity contribution in [2.24, 2.45) is 11.8 Å². The van der Waals surface area contributed by atoms with Gasteiger partial charge in [-0.1, -0.05) is 24.3 Å². The molecular weight excluding hydrogens is 340 g/mol. The summed E-state index contributed by atoms with van der Waals surface area (Å²) < 4.78 is 20.9. The summed E-state index contributed by atoms with van der Waals surface area (Å²) >= 11 is 0. The highest BCUT2D eigenvalue weighted by Crippen LogP contribution is 2.43. The Balaban J connectivity index is 1.67. The molecule has 3 atom stereocenters. The molecular formula is C19H18O7. The van der Waals surface area contributed by atoms with Crippen molar-refractivity contribution in [3.8, 4) is 5.75 Å². The minimum Gasteiger partial charge on any atom is -0.482 e. The normalized spacial score (nSPS) is 23.7. The van der Waals surface area contributed by atoms with E-state index in [0.717, 1.165) is 0 Å². The van der Waals surface area contributed by atoms with Crippen molar-refractivity contribution in [1.29, 1.82) is 0 Å². The van der Waals surface area contributed by atoms with Crippen LogP contribution in [0.25, 0.3) is 0 Å². The van der Waals surface area contributed by atoms with E-state index in [1.54, 1.807) is 30.3 Å². The van der Waals surface area contributed by atoms with Gasteiger partial charge in [0.1, 0.15) is 12.0 Å². The molecule has 7 nitrogen and oxygen atoms in total. The minimum absolute atomic E-state index is 0.297. The van der Waals surface area contributed by atoms with Gasteiger partial charge in [-0.25, -0.2) is 9.59 Å². The van der Waals surface area contributed by atoms with Crippen LogP contribution in [0.3, 0.4) is 0 Å². The molecule has 1 aromatic rings. The van der Waals surface area contributed by atoms with Crippen molar-refractivity contribution in [2.45, 2.75) is 12.7 Å². The summed E-state index contributed by atoms with van der Waals surface area (Å²) in [4.78, 5) is 35.3. The van der Waals surface area contributed by atoms with E-state index in [0.29, 0.717) is 29.6 Å². The number of methoxy groups -OCH3 is 1. The van der Waals surface area contributed by atoms with Crippen molar-refractivity contribution in [3.05, 3.63) is 53.8 Å². The third kappa shape index (κ3) is 3.61. The number of hydrogen-bond acceptors (Lipinski definition) is 7. The van der Waals surface area contributed by atoms with Crippen LogP contribution < -0.4 is 4.74 Å². The summed E-state index contributed by atoms with van der Waals surface area (Å²) in [5.74, 6) is -1.51. The van der Waals surface area contributed by atoms with Crippen LogP contribution in [0.5, 0.6) is 5.75 Å². The van der Waals surface area contributed by atoms with Crippen molar-refractivity contribution < 1.29 is 33.3 Å². The van der Waals surface area contributed by atoms with Crippen LogP contribution in [-0.4, -0.2) is 38.2 Å². The molecule has 7 heteroatoms. The molecule has 2 unspecified atom stereocenters. The predicted octanol–water partition coefficient (Wildman–Crippen LogP) is 1.78. The van der Waals surface area contributed by atoms with Gasteiger partial charge in [-0.05, 0) is 24.1 Å². The van der Waals surface area contributed by atoms with Gasteiger partial charge < -0.3 is 18.9 Å². The molecule has 1 aliphatic carbocycles. The molecule has 0 spiro atoms. The second-order valence-electron chi connectivity index (χ2n) is 5.85. The van der Waals surface area contributed by atoms with Crippen molar-refractivity contribution >= 4 is 18.2 Å². The largest absolute Gasteiger partial charge is 0.482 e. The Labute approximate surface area is 150 Å². The third-order valence-electron chi connectivity index (χ3n) is 4.35. The standard InChI is InChI=1S/C19H18O7/c1-23-18(22)15-10-25-19(17-12(9-20)7-8-14(15)17)26-16(21)11-24-13-5-3-2-4-6-13/h2-7,9-10,14,17,19H,8,11H2,1H3/t14?,17?,19-/m0/s1. The molecule has 1 aliphatic heterocycles. The number of carbonyl (C=O) groups excluding carboxylic acids is 3. The van der Waals surface area contributed by atoms with E-state index < -0.39 is 24.1 Å². The summed E-state index contributed by atoms with van der Waals surface area (Å²) in [5, 5.41) is 0. The summed E-state index contributed by atoms with van der Waals surface area (Å²) in [5.41, 5.74) is 0.754. The Morgan fingerprint density at radius 2 is 2.04 bits per heavy atom. The highest BCUT2D eigenvalue weighted by molar-refractivity contribution is 5.90. The van der Waals surface area contributed by atoms with E-state index in [1.165, 1.54) is 13.4 Å². The van der Waals surface area contributed by atoms with Crippen molar-refractivity contribution in [2.75, 3.05) is 13.7 Å². The first-order chi connectivity index (χ1) is 12.6. The average molecular weight is 358 g/mol. The fraction of sp³-hybridized carbons (Fsp3) is 0.316. The topological polar surface area (TPSA) is 88.1 Å². The summed E-state index contributed by atoms with van der Waals surface area (Å²) in [6.45, 7) is -0.297. The fourth-order valence-corrected chi connectivity index (χ4v) is 3.13. The molecule has 0 amide bonds. The Morgan fingerprint density at radius 3 is 2.73 bits per heavy atom. The molecule has 0 radical (unpaired) electrons. The molecule has 0 fully saturated rings. The lowest BCUT2D eigenvalue weighted by Gasteiger charge is -2.33. The number of ether oxygens (including phenoxy) is 4. The number of aldehydes is 1. The first-order valence-corrected chi connectivity index (χ1v) is 8.10. The van der Waals surface area contributed by atoms with Gasteiger partial charge >= 0.3 is 11.9 Å². The van der Waals surface area contributed by atoms with Crippen molar-refractivity contribution in [3.63, 3.8) is 0 Å². The van der Waals surface area contributed by atoms with Crippen molar-refractivity contribution in [1.82, 2.24) is 0 Å². The van der Waals surface area contributed by atoms with Crippen LogP contribution in [0.1, 0.15) is 6.42 Å². The van der Waals surface area contributed by atoms with Gasteiger partial charge in [0.2, 0.25) is 0 Å². The molecule has 0 saturated heterocycles. The van der Waals surface area contributed by atoms with Gasteiger partial charge in [-0.15, -0.1) is 0 Å². The van der Waals surface area contributed by atoms with Gasteiger partial charge in [0.05, 0.1) is 24.9 Å². The fourth-order valence-electron chi connectivity index (χ4n) is 3.13. The molecule has 26 heavy (non-hydrogen) atoms. The van der Waals surface area contributed by atoms with Crippen LogP contribution in [0.15, 0.2) is 53.8 Å². The number of para-hydroxylation sites is 1. The van der Waals surface area contributed by atoms with Crippen LogP contribution in [0, 0.1) is 11.8 Å². The van der Waals surface area contributed by atoms with Crippen LogP contribution >= 0.6 is 0 Å². The first-order valence-electron chi connectivity index (χ1n) is 8.10. The average Bonchev–Trinajstić information content (AvgIpc) is 3.11. The summed E-state index contributed by atoms with van der Waals surface area (Å²) in [6.07, 6.45) is 3.12. The number of benzene rings is 1. The van der Waals surface area contributed by atoms with Crippen LogP contribution in [-0.2, 0) is 28.6 Å². The third-order valence-corrected chi connectivity index (χ3v) is 4.35. The maximum absolute atomic E-state index is 12.1. The first kappa shape index (κ1) is 17.7. The number of allylic oxidation sites excluding steroid dienone is 1. The van der Waals surface area contributed by atoms with E-state index in [1.807, 2.05) is 6.07 Å². The number of hydrogen-bond donors (Lipinski definition) is 0. The highest BCUT2D eigenvalue weighted by Gasteiger charge is 2.46. The van der Waals surface area contributed by atoms with Gasteiger partial charge in [-0.2, -0.15) is 0 Å². The van der Waals surface area contributed by atoms with E-state index in [9.17, 15) is 14.4 Å². The molecule has 0 saturated carbocycles. The monoisotopic (exact) mass is 358 g/mol. The van der Waals surface area contributed by atoms with E-state index in [-0.39, 0.29) is 12.5 Å². The number of rotatable bonds is 6. The molecule has 1 aromatic carbocycles. The lowest BCUT2D eigenvalue weighted by molar-refractivity contribution is -0.184. The maximum Gasteiger partial charge on any atom is 0.347 e. The predicted molar refractivity (Wildman–Crippen MR) is 88.7 cm³/mol. The lowest BCUT2D eigenvalue weighted by atomic mass is 9.83. The van der Waals surface area contributed by atoms with Gasteiger partial charge in [0, 0.05) is 5.92 Å². The van der Waals surface area contributed by atoms with Gasteiger partial charge in [0.15, 0.2) is 6.61 Å². The number of fused-ring (bicyclic) bond motifs is 1. The zero-order valence-electron chi connectivity index (χ0n) is 14.1. The summed E-state index contributed by atoms with van der Waals surface area (Å²) in [7, 11) is 1.27. The zero-order chi connectivity index (χ0) is 18.5. The Kier molecular flexibility index (Phi) is 5.36. The smallest absolute Gasteiger partial charge is 0.347 e. The number of esters is 2. The van der Waals surface area contributed by atoms with Gasteiger partial charge in [0.25, 0.3) is 6.29 Å². The van der Waals surface area contributed by atoms with Crippen LogP contribution in [0.2, 0.25) is 0 Å². The molecule has 0 bridgehead atoms. The zero-order valence-corrected chi connectivity index (χ0v) is 14.1. The molecule has 136 valence electrons. The Bertz CT molecular complexity index is 750. The van der Waals surface area contributed by atoms with E-state index in [2.05, 4.69) is 0 Å². The Hall–Kier alpha value is -3.09.